The first kappa shape index (κ1) is 21.1. The zero-order chi connectivity index (χ0) is 21.3. The molecule has 1 saturated carbocycles. The van der Waals surface area contributed by atoms with Crippen LogP contribution in [-0.2, 0) is 16.9 Å². The monoisotopic (exact) mass is 406 g/mol. The molecular formula is C26H34N2O2. The Hall–Kier alpha value is -2.17. The summed E-state index contributed by atoms with van der Waals surface area (Å²) < 4.78 is 0. The smallest absolute Gasteiger partial charge is 0.258 e. The van der Waals surface area contributed by atoms with Crippen LogP contribution in [0, 0.1) is 23.7 Å². The van der Waals surface area contributed by atoms with Crippen LogP contribution >= 0.6 is 0 Å². The van der Waals surface area contributed by atoms with Crippen molar-refractivity contribution in [3.05, 3.63) is 71.8 Å². The van der Waals surface area contributed by atoms with Crippen LogP contribution in [0.25, 0.3) is 0 Å². The van der Waals surface area contributed by atoms with Gasteiger partial charge in [-0.25, -0.2) is 0 Å². The molecule has 1 aliphatic carbocycles. The average Bonchev–Trinajstić information content (AvgIpc) is 3.17. The standard InChI is InChI=1S/C26H34N2O2/c1-19(2)14-26(30,21-12-8-5-9-13-21)25(29)27(3)16-22-23-17-28(18-24(22)23)15-20-10-6-4-7-11-20/h4-13,19,22-24,30H,14-18H2,1-3H3. The fraction of sp³-hybridized carbons (Fsp3) is 0.500. The highest BCUT2D eigenvalue weighted by atomic mass is 16.3. The van der Waals surface area contributed by atoms with Gasteiger partial charge in [-0.15, -0.1) is 0 Å². The van der Waals surface area contributed by atoms with Crippen molar-refractivity contribution >= 4 is 5.91 Å². The number of amides is 1. The molecule has 0 radical (unpaired) electrons. The summed E-state index contributed by atoms with van der Waals surface area (Å²) in [6.07, 6.45) is 0.433. The summed E-state index contributed by atoms with van der Waals surface area (Å²) in [4.78, 5) is 17.7. The van der Waals surface area contributed by atoms with E-state index in [2.05, 4.69) is 35.2 Å². The SMILES string of the molecule is CC(C)CC(O)(C(=O)N(C)CC1C2CN(Cc3ccccc3)CC21)c1ccccc1. The van der Waals surface area contributed by atoms with E-state index in [0.29, 0.717) is 29.7 Å². The number of hydrogen-bond donors (Lipinski definition) is 1. The van der Waals surface area contributed by atoms with Gasteiger partial charge in [-0.1, -0.05) is 74.5 Å². The lowest BCUT2D eigenvalue weighted by Crippen LogP contribution is -2.47. The van der Waals surface area contributed by atoms with Gasteiger partial charge < -0.3 is 10.0 Å². The van der Waals surface area contributed by atoms with E-state index in [-0.39, 0.29) is 11.8 Å². The van der Waals surface area contributed by atoms with Crippen molar-refractivity contribution in [3.63, 3.8) is 0 Å². The Morgan fingerprint density at radius 1 is 1.07 bits per heavy atom. The third kappa shape index (κ3) is 4.30. The summed E-state index contributed by atoms with van der Waals surface area (Å²) in [7, 11) is 1.85. The highest BCUT2D eigenvalue weighted by molar-refractivity contribution is 5.86. The Morgan fingerprint density at radius 2 is 1.63 bits per heavy atom. The Balaban J connectivity index is 1.35. The first-order chi connectivity index (χ1) is 14.4. The Labute approximate surface area is 180 Å². The van der Waals surface area contributed by atoms with Crippen LogP contribution in [0.1, 0.15) is 31.4 Å². The van der Waals surface area contributed by atoms with Crippen LogP contribution < -0.4 is 0 Å². The summed E-state index contributed by atoms with van der Waals surface area (Å²) in [6.45, 7) is 8.07. The average molecular weight is 407 g/mol. The van der Waals surface area contributed by atoms with Gasteiger partial charge in [-0.2, -0.15) is 0 Å². The van der Waals surface area contributed by atoms with Gasteiger partial charge in [-0.3, -0.25) is 9.69 Å². The summed E-state index contributed by atoms with van der Waals surface area (Å²) in [6, 6.07) is 20.1. The summed E-state index contributed by atoms with van der Waals surface area (Å²) in [5.74, 6) is 1.97. The first-order valence-corrected chi connectivity index (χ1v) is 11.2. The molecule has 2 aromatic rings. The molecule has 3 unspecified atom stereocenters. The molecular weight excluding hydrogens is 372 g/mol. The minimum absolute atomic E-state index is 0.173. The molecule has 1 N–H and O–H groups in total. The number of nitrogens with zero attached hydrogens (tertiary/aromatic N) is 2. The number of rotatable bonds is 8. The molecule has 0 spiro atoms. The lowest BCUT2D eigenvalue weighted by molar-refractivity contribution is -0.153. The molecule has 4 rings (SSSR count). The molecule has 1 heterocycles. The first-order valence-electron chi connectivity index (χ1n) is 11.2. The molecule has 3 atom stereocenters. The van der Waals surface area contributed by atoms with E-state index in [1.807, 2.05) is 51.2 Å². The number of benzene rings is 2. The summed E-state index contributed by atoms with van der Waals surface area (Å²) in [5.41, 5.74) is 0.609. The summed E-state index contributed by atoms with van der Waals surface area (Å²) >= 11 is 0. The van der Waals surface area contributed by atoms with Gasteiger partial charge in [0.15, 0.2) is 5.60 Å². The van der Waals surface area contributed by atoms with E-state index >= 15 is 0 Å². The maximum atomic E-state index is 13.4. The number of piperidine rings is 1. The van der Waals surface area contributed by atoms with Crippen molar-refractivity contribution in [1.82, 2.24) is 9.80 Å². The fourth-order valence-corrected chi connectivity index (χ4v) is 5.33. The zero-order valence-electron chi connectivity index (χ0n) is 18.4. The zero-order valence-corrected chi connectivity index (χ0v) is 18.4. The van der Waals surface area contributed by atoms with E-state index in [4.69, 9.17) is 0 Å². The Kier molecular flexibility index (Phi) is 5.99. The van der Waals surface area contributed by atoms with Crippen molar-refractivity contribution in [3.8, 4) is 0 Å². The molecule has 2 fully saturated rings. The predicted octanol–water partition coefficient (Wildman–Crippen LogP) is 3.76. The molecule has 4 heteroatoms. The van der Waals surface area contributed by atoms with E-state index < -0.39 is 5.60 Å². The lowest BCUT2D eigenvalue weighted by Gasteiger charge is -2.33. The molecule has 160 valence electrons. The van der Waals surface area contributed by atoms with Crippen molar-refractivity contribution in [2.24, 2.45) is 23.7 Å². The second-order valence-electron chi connectivity index (χ2n) is 9.68. The molecule has 2 aromatic carbocycles. The van der Waals surface area contributed by atoms with Crippen molar-refractivity contribution in [1.29, 1.82) is 0 Å². The summed E-state index contributed by atoms with van der Waals surface area (Å²) in [5, 5.41) is 11.4. The fourth-order valence-electron chi connectivity index (χ4n) is 5.33. The lowest BCUT2D eigenvalue weighted by atomic mass is 9.84. The van der Waals surface area contributed by atoms with E-state index in [9.17, 15) is 9.90 Å². The topological polar surface area (TPSA) is 43.8 Å². The molecule has 1 saturated heterocycles. The van der Waals surface area contributed by atoms with Gasteiger partial charge in [0, 0.05) is 33.2 Å². The van der Waals surface area contributed by atoms with Gasteiger partial charge in [0.25, 0.3) is 5.91 Å². The van der Waals surface area contributed by atoms with Crippen molar-refractivity contribution in [2.45, 2.75) is 32.4 Å². The molecule has 2 aliphatic rings. The largest absolute Gasteiger partial charge is 0.375 e. The molecule has 0 bridgehead atoms. The van der Waals surface area contributed by atoms with Crippen LogP contribution in [0.15, 0.2) is 60.7 Å². The van der Waals surface area contributed by atoms with Crippen LogP contribution in [0.3, 0.4) is 0 Å². The second kappa shape index (κ2) is 8.52. The molecule has 0 aromatic heterocycles. The maximum Gasteiger partial charge on any atom is 0.258 e. The Morgan fingerprint density at radius 3 is 2.20 bits per heavy atom. The van der Waals surface area contributed by atoms with Crippen LogP contribution in [0.2, 0.25) is 0 Å². The van der Waals surface area contributed by atoms with E-state index in [1.54, 1.807) is 4.90 Å². The highest BCUT2D eigenvalue weighted by Crippen LogP contribution is 2.52. The quantitative estimate of drug-likeness (QED) is 0.726. The Bertz CT molecular complexity index is 842. The van der Waals surface area contributed by atoms with E-state index in [0.717, 1.165) is 26.2 Å². The van der Waals surface area contributed by atoms with Gasteiger partial charge in [0.05, 0.1) is 0 Å². The van der Waals surface area contributed by atoms with Crippen LogP contribution in [0.4, 0.5) is 0 Å². The second-order valence-corrected chi connectivity index (χ2v) is 9.68. The minimum Gasteiger partial charge on any atom is -0.375 e. The highest BCUT2D eigenvalue weighted by Gasteiger charge is 2.56. The number of likely N-dealkylation sites (tertiary alicyclic amines) is 1. The van der Waals surface area contributed by atoms with Gasteiger partial charge in [0.1, 0.15) is 0 Å². The van der Waals surface area contributed by atoms with Crippen LogP contribution in [-0.4, -0.2) is 47.5 Å². The normalized spacial score (nSPS) is 25.0. The maximum absolute atomic E-state index is 13.4. The number of carbonyl (C=O) groups is 1. The predicted molar refractivity (Wildman–Crippen MR) is 120 cm³/mol. The molecule has 4 nitrogen and oxygen atoms in total. The molecule has 30 heavy (non-hydrogen) atoms. The van der Waals surface area contributed by atoms with Gasteiger partial charge in [-0.05, 0) is 41.2 Å². The third-order valence-electron chi connectivity index (χ3n) is 6.84. The van der Waals surface area contributed by atoms with Crippen molar-refractivity contribution < 1.29 is 9.90 Å². The number of aliphatic hydroxyl groups is 1. The minimum atomic E-state index is -1.45. The van der Waals surface area contributed by atoms with Crippen molar-refractivity contribution in [2.75, 3.05) is 26.7 Å². The number of hydrogen-bond acceptors (Lipinski definition) is 3. The van der Waals surface area contributed by atoms with Gasteiger partial charge >= 0.3 is 0 Å². The van der Waals surface area contributed by atoms with Gasteiger partial charge in [0.2, 0.25) is 0 Å². The van der Waals surface area contributed by atoms with Crippen LogP contribution in [0.5, 0.6) is 0 Å². The molecule has 1 aliphatic heterocycles. The third-order valence-corrected chi connectivity index (χ3v) is 6.84. The molecule has 1 amide bonds. The number of likely N-dealkylation sites (N-methyl/N-ethyl adjacent to an activating group) is 1. The van der Waals surface area contributed by atoms with E-state index in [1.165, 1.54) is 5.56 Å². The number of carbonyl (C=O) groups excluding carboxylic acids is 1. The number of fused-ring (bicyclic) bond motifs is 1.